The maximum Gasteiger partial charge on any atom is 1.00 e. The van der Waals surface area contributed by atoms with Crippen LogP contribution in [0.2, 0.25) is 0 Å². The molecule has 4 saturated carbocycles. The van der Waals surface area contributed by atoms with Gasteiger partial charge in [-0.3, -0.25) is 18.9 Å². The van der Waals surface area contributed by atoms with E-state index in [0.717, 1.165) is 30.1 Å². The first-order chi connectivity index (χ1) is 19.2. The van der Waals surface area contributed by atoms with Gasteiger partial charge in [-0.05, 0) is 111 Å². The SMILES string of the molecule is C[C@H](CCC(=O)OCOC(=O)CC[C@H](CP(=O)(O)O)C(=O)O)C1CCC2C3CCC4CCCCC4(C)C3CCC21C.[CH3-].[Cs+]. The van der Waals surface area contributed by atoms with Gasteiger partial charge in [0.15, 0.2) is 0 Å². The van der Waals surface area contributed by atoms with Gasteiger partial charge in [-0.15, -0.1) is 0 Å². The molecule has 4 aliphatic carbocycles. The number of ether oxygens (including phenoxy) is 2. The summed E-state index contributed by atoms with van der Waals surface area (Å²) in [5.41, 5.74) is 0.881. The molecule has 242 valence electrons. The second kappa shape index (κ2) is 16.6. The van der Waals surface area contributed by atoms with Crippen LogP contribution >= 0.6 is 7.60 Å². The average Bonchev–Trinajstić information content (AvgIpc) is 3.26. The Bertz CT molecular complexity index is 1020. The predicted molar refractivity (Wildman–Crippen MR) is 159 cm³/mol. The Morgan fingerprint density at radius 1 is 0.860 bits per heavy atom. The summed E-state index contributed by atoms with van der Waals surface area (Å²) in [6.45, 7) is 6.87. The molecule has 0 saturated heterocycles. The van der Waals surface area contributed by atoms with Crippen molar-refractivity contribution in [1.29, 1.82) is 0 Å². The van der Waals surface area contributed by atoms with Gasteiger partial charge in [-0.1, -0.05) is 33.6 Å². The van der Waals surface area contributed by atoms with E-state index in [9.17, 15) is 18.9 Å². The van der Waals surface area contributed by atoms with Gasteiger partial charge in [0.05, 0.1) is 12.1 Å². The molecule has 43 heavy (non-hydrogen) atoms. The van der Waals surface area contributed by atoms with E-state index in [2.05, 4.69) is 20.8 Å². The molecular weight excluding hydrogens is 692 g/mol. The predicted octanol–water partition coefficient (Wildman–Crippen LogP) is 3.61. The smallest absolute Gasteiger partial charge is 0.481 e. The van der Waals surface area contributed by atoms with Crippen LogP contribution in [0.5, 0.6) is 0 Å². The molecule has 11 heteroatoms. The molecule has 0 aliphatic heterocycles. The van der Waals surface area contributed by atoms with Crippen molar-refractivity contribution in [2.75, 3.05) is 13.0 Å². The van der Waals surface area contributed by atoms with Gasteiger partial charge in [0.2, 0.25) is 6.79 Å². The van der Waals surface area contributed by atoms with Gasteiger partial charge >= 0.3 is 94.4 Å². The van der Waals surface area contributed by atoms with Crippen LogP contribution in [0.1, 0.15) is 111 Å². The van der Waals surface area contributed by atoms with Crippen LogP contribution < -0.4 is 68.9 Å². The van der Waals surface area contributed by atoms with E-state index in [1.807, 2.05) is 0 Å². The molecule has 4 aliphatic rings. The Hall–Kier alpha value is 0.612. The van der Waals surface area contributed by atoms with Crippen LogP contribution in [-0.4, -0.2) is 45.8 Å². The fraction of sp³-hybridized carbons (Fsp3) is 0.875. The molecule has 9 atom stereocenters. The van der Waals surface area contributed by atoms with Crippen molar-refractivity contribution < 1.29 is 112 Å². The summed E-state index contributed by atoms with van der Waals surface area (Å²) < 4.78 is 21.1. The van der Waals surface area contributed by atoms with Crippen molar-refractivity contribution in [3.8, 4) is 0 Å². The van der Waals surface area contributed by atoms with E-state index in [0.29, 0.717) is 22.7 Å². The first-order valence-electron chi connectivity index (χ1n) is 15.8. The summed E-state index contributed by atoms with van der Waals surface area (Å²) in [7, 11) is -4.52. The van der Waals surface area contributed by atoms with Crippen LogP contribution in [-0.2, 0) is 28.4 Å². The topological polar surface area (TPSA) is 147 Å². The number of carbonyl (C=O) groups is 3. The number of carboxylic acid groups (broad SMARTS) is 1. The van der Waals surface area contributed by atoms with Crippen molar-refractivity contribution in [3.05, 3.63) is 7.43 Å². The van der Waals surface area contributed by atoms with Gasteiger partial charge in [0.1, 0.15) is 0 Å². The van der Waals surface area contributed by atoms with Crippen LogP contribution in [0.4, 0.5) is 0 Å². The van der Waals surface area contributed by atoms with E-state index in [-0.39, 0.29) is 95.6 Å². The minimum Gasteiger partial charge on any atom is -0.481 e. The average molecular weight is 747 g/mol. The minimum absolute atomic E-state index is 0. The molecule has 4 fully saturated rings. The Balaban J connectivity index is 0.00000323. The summed E-state index contributed by atoms with van der Waals surface area (Å²) in [5.74, 6) is 0.515. The number of carboxylic acids is 1. The second-order valence-electron chi connectivity index (χ2n) is 14.2. The quantitative estimate of drug-likeness (QED) is 0.118. The molecule has 0 aromatic carbocycles. The van der Waals surface area contributed by atoms with Crippen molar-refractivity contribution >= 4 is 25.5 Å². The van der Waals surface area contributed by atoms with E-state index in [1.54, 1.807) is 0 Å². The third-order valence-electron chi connectivity index (χ3n) is 12.1. The van der Waals surface area contributed by atoms with Crippen LogP contribution in [0, 0.1) is 59.7 Å². The molecule has 0 spiro atoms. The number of carbonyl (C=O) groups excluding carboxylic acids is 2. The Labute approximate surface area is 317 Å². The van der Waals surface area contributed by atoms with E-state index < -0.39 is 44.4 Å². The zero-order valence-electron chi connectivity index (χ0n) is 27.1. The molecule has 0 aromatic heterocycles. The van der Waals surface area contributed by atoms with E-state index in [1.165, 1.54) is 64.2 Å². The van der Waals surface area contributed by atoms with E-state index >= 15 is 0 Å². The van der Waals surface area contributed by atoms with E-state index in [4.69, 9.17) is 24.4 Å². The molecule has 0 heterocycles. The number of fused-ring (bicyclic) bond motifs is 5. The van der Waals surface area contributed by atoms with Crippen molar-refractivity contribution in [2.45, 2.75) is 111 Å². The summed E-state index contributed by atoms with van der Waals surface area (Å²) in [4.78, 5) is 53.5. The second-order valence-corrected chi connectivity index (χ2v) is 15.9. The first-order valence-corrected chi connectivity index (χ1v) is 17.6. The first kappa shape index (κ1) is 39.8. The molecule has 9 nitrogen and oxygen atoms in total. The van der Waals surface area contributed by atoms with Crippen molar-refractivity contribution in [2.24, 2.45) is 52.3 Å². The number of rotatable bonds is 12. The maximum absolute atomic E-state index is 12.4. The van der Waals surface area contributed by atoms with Crippen molar-refractivity contribution in [1.82, 2.24) is 0 Å². The zero-order chi connectivity index (χ0) is 30.0. The van der Waals surface area contributed by atoms with Gasteiger partial charge in [-0.25, -0.2) is 0 Å². The van der Waals surface area contributed by atoms with Crippen LogP contribution in [0.3, 0.4) is 0 Å². The Kier molecular flexibility index (Phi) is 15.4. The standard InChI is InChI=1S/C31H51O9P.CH3.Cs/c1-20(7-13-27(32)39-19-40-28(33)14-8-21(29(34)35)18-41(36,37)38)24-11-12-25-23-10-9-22-6-4-5-16-30(22,2)26(23)15-17-31(24,25)3;;/h20-26H,4-19H2,1-3H3,(H,34,35)(H2,36,37,38);1H3;/q;-1;+1/t20-,21-,22?,23?,24?,25?,26?,30?,31?;;/m1../s1. The molecule has 0 bridgehead atoms. The molecule has 7 unspecified atom stereocenters. The van der Waals surface area contributed by atoms with Gasteiger partial charge in [0.25, 0.3) is 0 Å². The van der Waals surface area contributed by atoms with Gasteiger partial charge in [0, 0.05) is 12.8 Å². The minimum atomic E-state index is -4.52. The fourth-order valence-electron chi connectivity index (χ4n) is 9.99. The molecule has 4 rings (SSSR count). The molecule has 3 N–H and O–H groups in total. The third-order valence-corrected chi connectivity index (χ3v) is 13.0. The fourth-order valence-corrected chi connectivity index (χ4v) is 10.9. The van der Waals surface area contributed by atoms with Crippen molar-refractivity contribution in [3.63, 3.8) is 0 Å². The number of hydrogen-bond acceptors (Lipinski definition) is 6. The molecule has 0 radical (unpaired) electrons. The number of esters is 2. The molecule has 0 aromatic rings. The van der Waals surface area contributed by atoms with Gasteiger partial charge < -0.3 is 31.8 Å². The summed E-state index contributed by atoms with van der Waals surface area (Å²) >= 11 is 0. The number of hydrogen-bond donors (Lipinski definition) is 3. The largest absolute Gasteiger partial charge is 1.00 e. The molecule has 0 amide bonds. The summed E-state index contributed by atoms with van der Waals surface area (Å²) in [6.07, 6.45) is 13.2. The third kappa shape index (κ3) is 9.59. The zero-order valence-corrected chi connectivity index (χ0v) is 34.3. The number of aliphatic carboxylic acids is 1. The maximum atomic E-state index is 12.4. The molecular formula is C32H54CsO9P. The summed E-state index contributed by atoms with van der Waals surface area (Å²) in [5, 5.41) is 9.10. The monoisotopic (exact) mass is 746 g/mol. The Morgan fingerprint density at radius 3 is 2.12 bits per heavy atom. The van der Waals surface area contributed by atoms with Crippen LogP contribution in [0.15, 0.2) is 0 Å². The Morgan fingerprint density at radius 2 is 1.49 bits per heavy atom. The summed E-state index contributed by atoms with van der Waals surface area (Å²) in [6, 6.07) is 0. The van der Waals surface area contributed by atoms with Crippen LogP contribution in [0.25, 0.3) is 0 Å². The van der Waals surface area contributed by atoms with Gasteiger partial charge in [-0.2, -0.15) is 0 Å². The normalized spacial score (nSPS) is 34.6.